The van der Waals surface area contributed by atoms with Crippen molar-refractivity contribution in [2.75, 3.05) is 26.2 Å². The van der Waals surface area contributed by atoms with Gasteiger partial charge in [0.15, 0.2) is 0 Å². The molecule has 0 aromatic carbocycles. The van der Waals surface area contributed by atoms with Crippen LogP contribution < -0.4 is 10.3 Å². The molecule has 4 rings (SSSR count). The van der Waals surface area contributed by atoms with Crippen LogP contribution in [0.3, 0.4) is 0 Å². The SMILES string of the molecule is Cc1cc2nc3c(cc2[nH]c1=O)CN1CCN(C(=O)OC(C)(C)C)C[C@H]1CCO3. The number of carbonyl (C=O) groups excluding carboxylic acids is 1. The number of nitrogens with zero attached hydrogens (tertiary/aromatic N) is 3. The standard InChI is InChI=1S/C21H28N4O4/c1-13-9-16-17(22-18(13)26)10-14-11-24-6-7-25(20(27)29-21(2,3)4)12-15(24)5-8-28-19(14)23-16/h9-10,15H,5-8,11-12H2,1-4H3,(H,22,26)/t15-/m1/s1. The van der Waals surface area contributed by atoms with Gasteiger partial charge >= 0.3 is 6.09 Å². The maximum Gasteiger partial charge on any atom is 0.410 e. The lowest BCUT2D eigenvalue weighted by Gasteiger charge is -2.42. The molecule has 29 heavy (non-hydrogen) atoms. The summed E-state index contributed by atoms with van der Waals surface area (Å²) in [5.41, 5.74) is 2.43. The molecule has 156 valence electrons. The molecule has 2 aromatic heterocycles. The number of hydrogen-bond donors (Lipinski definition) is 1. The Hall–Kier alpha value is -2.61. The minimum Gasteiger partial charge on any atom is -0.477 e. The van der Waals surface area contributed by atoms with Crippen LogP contribution in [0.1, 0.15) is 38.3 Å². The van der Waals surface area contributed by atoms with Gasteiger partial charge in [0.25, 0.3) is 5.56 Å². The number of nitrogens with one attached hydrogen (secondary N) is 1. The van der Waals surface area contributed by atoms with Gasteiger partial charge in [-0.3, -0.25) is 9.69 Å². The number of hydrogen-bond acceptors (Lipinski definition) is 6. The maximum absolute atomic E-state index is 12.5. The largest absolute Gasteiger partial charge is 0.477 e. The number of carbonyl (C=O) groups is 1. The van der Waals surface area contributed by atoms with Crippen molar-refractivity contribution >= 4 is 17.1 Å². The second kappa shape index (κ2) is 7.33. The van der Waals surface area contributed by atoms with Crippen molar-refractivity contribution < 1.29 is 14.3 Å². The summed E-state index contributed by atoms with van der Waals surface area (Å²) in [6, 6.07) is 3.94. The van der Waals surface area contributed by atoms with Crippen molar-refractivity contribution in [2.45, 2.75) is 52.3 Å². The minimum absolute atomic E-state index is 0.102. The number of fused-ring (bicyclic) bond motifs is 3. The smallest absolute Gasteiger partial charge is 0.410 e. The number of piperazine rings is 1. The number of H-pyrrole nitrogens is 1. The number of amides is 1. The lowest BCUT2D eigenvalue weighted by atomic mass is 10.1. The molecule has 0 unspecified atom stereocenters. The summed E-state index contributed by atoms with van der Waals surface area (Å²) in [4.78, 5) is 36.1. The van der Waals surface area contributed by atoms with E-state index in [1.54, 1.807) is 17.9 Å². The topological polar surface area (TPSA) is 87.8 Å². The Kier molecular flexibility index (Phi) is 4.98. The number of aromatic amines is 1. The first kappa shape index (κ1) is 19.7. The van der Waals surface area contributed by atoms with Gasteiger partial charge in [-0.1, -0.05) is 0 Å². The quantitative estimate of drug-likeness (QED) is 0.731. The van der Waals surface area contributed by atoms with E-state index in [2.05, 4.69) is 14.9 Å². The Labute approximate surface area is 169 Å². The zero-order valence-corrected chi connectivity index (χ0v) is 17.4. The highest BCUT2D eigenvalue weighted by atomic mass is 16.6. The highest BCUT2D eigenvalue weighted by Crippen LogP contribution is 2.28. The summed E-state index contributed by atoms with van der Waals surface area (Å²) >= 11 is 0. The van der Waals surface area contributed by atoms with Crippen molar-refractivity contribution in [3.63, 3.8) is 0 Å². The Bertz CT molecular complexity index is 995. The van der Waals surface area contributed by atoms with E-state index in [0.29, 0.717) is 43.2 Å². The van der Waals surface area contributed by atoms with Crippen LogP contribution in [0.2, 0.25) is 0 Å². The fourth-order valence-corrected chi connectivity index (χ4v) is 3.87. The molecule has 8 nitrogen and oxygen atoms in total. The summed E-state index contributed by atoms with van der Waals surface area (Å²) in [7, 11) is 0. The monoisotopic (exact) mass is 400 g/mol. The van der Waals surface area contributed by atoms with Crippen LogP contribution in [0.4, 0.5) is 4.79 Å². The zero-order chi connectivity index (χ0) is 20.8. The molecule has 2 aliphatic heterocycles. The first-order chi connectivity index (χ1) is 13.7. The van der Waals surface area contributed by atoms with Crippen LogP contribution in [0.25, 0.3) is 11.0 Å². The van der Waals surface area contributed by atoms with E-state index < -0.39 is 5.60 Å². The predicted molar refractivity (Wildman–Crippen MR) is 109 cm³/mol. The van der Waals surface area contributed by atoms with Crippen LogP contribution in [0.15, 0.2) is 16.9 Å². The molecule has 8 heteroatoms. The third-order valence-corrected chi connectivity index (χ3v) is 5.37. The first-order valence-corrected chi connectivity index (χ1v) is 10.1. The Morgan fingerprint density at radius 1 is 1.31 bits per heavy atom. The first-order valence-electron chi connectivity index (χ1n) is 10.1. The van der Waals surface area contributed by atoms with Gasteiger partial charge in [-0.25, -0.2) is 9.78 Å². The number of rotatable bonds is 0. The maximum atomic E-state index is 12.5. The Balaban J connectivity index is 1.55. The third-order valence-electron chi connectivity index (χ3n) is 5.37. The van der Waals surface area contributed by atoms with Gasteiger partial charge in [-0.15, -0.1) is 0 Å². The van der Waals surface area contributed by atoms with Gasteiger partial charge in [-0.05, 0) is 46.2 Å². The van der Waals surface area contributed by atoms with E-state index in [4.69, 9.17) is 9.47 Å². The molecule has 0 bridgehead atoms. The Morgan fingerprint density at radius 2 is 2.10 bits per heavy atom. The van der Waals surface area contributed by atoms with Crippen molar-refractivity contribution in [1.29, 1.82) is 0 Å². The number of aryl methyl sites for hydroxylation is 1. The van der Waals surface area contributed by atoms with Gasteiger partial charge in [0.1, 0.15) is 5.60 Å². The van der Waals surface area contributed by atoms with Crippen molar-refractivity contribution in [3.8, 4) is 5.88 Å². The molecule has 1 saturated heterocycles. The van der Waals surface area contributed by atoms with Gasteiger partial charge in [0.2, 0.25) is 5.88 Å². The molecule has 2 aliphatic rings. The number of pyridine rings is 2. The van der Waals surface area contributed by atoms with Crippen LogP contribution in [-0.2, 0) is 11.3 Å². The van der Waals surface area contributed by atoms with Gasteiger partial charge in [0, 0.05) is 43.3 Å². The summed E-state index contributed by atoms with van der Waals surface area (Å²) in [5.74, 6) is 0.622. The van der Waals surface area contributed by atoms with E-state index in [1.165, 1.54) is 0 Å². The van der Waals surface area contributed by atoms with Gasteiger partial charge < -0.3 is 19.4 Å². The van der Waals surface area contributed by atoms with E-state index in [-0.39, 0.29) is 17.7 Å². The zero-order valence-electron chi connectivity index (χ0n) is 17.4. The van der Waals surface area contributed by atoms with Gasteiger partial charge in [0.05, 0.1) is 17.6 Å². The minimum atomic E-state index is -0.501. The summed E-state index contributed by atoms with van der Waals surface area (Å²) in [6.07, 6.45) is 0.546. The highest BCUT2D eigenvalue weighted by molar-refractivity contribution is 5.76. The van der Waals surface area contributed by atoms with Crippen LogP contribution in [-0.4, -0.2) is 63.7 Å². The van der Waals surface area contributed by atoms with Crippen LogP contribution in [0.5, 0.6) is 5.88 Å². The fourth-order valence-electron chi connectivity index (χ4n) is 3.87. The van der Waals surface area contributed by atoms with Crippen molar-refractivity contribution in [1.82, 2.24) is 19.8 Å². The van der Waals surface area contributed by atoms with E-state index in [0.717, 1.165) is 24.0 Å². The molecule has 1 fully saturated rings. The normalized spacial score (nSPS) is 20.3. The lowest BCUT2D eigenvalue weighted by Crippen LogP contribution is -2.55. The van der Waals surface area contributed by atoms with Crippen molar-refractivity contribution in [3.05, 3.63) is 33.6 Å². The summed E-state index contributed by atoms with van der Waals surface area (Å²) in [6.45, 7) is 10.6. The highest BCUT2D eigenvalue weighted by Gasteiger charge is 2.33. The van der Waals surface area contributed by atoms with Gasteiger partial charge in [-0.2, -0.15) is 0 Å². The molecule has 0 radical (unpaired) electrons. The second-order valence-corrected chi connectivity index (χ2v) is 8.85. The second-order valence-electron chi connectivity index (χ2n) is 8.85. The average molecular weight is 400 g/mol. The lowest BCUT2D eigenvalue weighted by molar-refractivity contribution is -0.00212. The molecule has 1 N–H and O–H groups in total. The van der Waals surface area contributed by atoms with E-state index in [1.807, 2.05) is 26.8 Å². The third kappa shape index (κ3) is 4.22. The molecule has 2 aromatic rings. The summed E-state index contributed by atoms with van der Waals surface area (Å²) < 4.78 is 11.5. The predicted octanol–water partition coefficient (Wildman–Crippen LogP) is 2.44. The number of ether oxygens (including phenoxy) is 2. The van der Waals surface area contributed by atoms with Crippen molar-refractivity contribution in [2.24, 2.45) is 0 Å². The Morgan fingerprint density at radius 3 is 2.86 bits per heavy atom. The fraction of sp³-hybridized carbons (Fsp3) is 0.571. The molecular formula is C21H28N4O4. The molecule has 1 atom stereocenters. The van der Waals surface area contributed by atoms with Crippen LogP contribution in [0, 0.1) is 6.92 Å². The summed E-state index contributed by atoms with van der Waals surface area (Å²) in [5, 5.41) is 0. The molecule has 1 amide bonds. The van der Waals surface area contributed by atoms with Crippen LogP contribution >= 0.6 is 0 Å². The molecule has 0 spiro atoms. The average Bonchev–Trinajstić information content (AvgIpc) is 2.61. The van der Waals surface area contributed by atoms with E-state index >= 15 is 0 Å². The molecule has 0 aliphatic carbocycles. The number of aromatic nitrogens is 2. The molecule has 0 saturated carbocycles. The molecule has 4 heterocycles. The van der Waals surface area contributed by atoms with E-state index in [9.17, 15) is 9.59 Å². The molecular weight excluding hydrogens is 372 g/mol.